The molecule has 0 unspecified atom stereocenters. The third-order valence-electron chi connectivity index (χ3n) is 2.68. The molecular formula is C13H22N2O2S. The predicted molar refractivity (Wildman–Crippen MR) is 76.5 cm³/mol. The first-order valence-corrected chi connectivity index (χ1v) is 7.88. The molecule has 18 heavy (non-hydrogen) atoms. The van der Waals surface area contributed by atoms with Gasteiger partial charge >= 0.3 is 0 Å². The second kappa shape index (κ2) is 6.75. The summed E-state index contributed by atoms with van der Waals surface area (Å²) < 4.78 is 26.4. The monoisotopic (exact) mass is 270 g/mol. The molecule has 2 N–H and O–H groups in total. The quantitative estimate of drug-likeness (QED) is 0.746. The number of aryl methyl sites for hydroxylation is 2. The molecule has 0 saturated carbocycles. The first kappa shape index (κ1) is 15.0. The summed E-state index contributed by atoms with van der Waals surface area (Å²) >= 11 is 0. The molecule has 5 heteroatoms. The van der Waals surface area contributed by atoms with E-state index in [2.05, 4.69) is 10.0 Å². The topological polar surface area (TPSA) is 58.2 Å². The Morgan fingerprint density at radius 2 is 1.94 bits per heavy atom. The highest BCUT2D eigenvalue weighted by molar-refractivity contribution is 7.92. The van der Waals surface area contributed by atoms with E-state index in [1.807, 2.05) is 39.0 Å². The van der Waals surface area contributed by atoms with Crippen molar-refractivity contribution in [2.24, 2.45) is 0 Å². The van der Waals surface area contributed by atoms with Crippen LogP contribution in [-0.2, 0) is 10.0 Å². The summed E-state index contributed by atoms with van der Waals surface area (Å²) in [5.74, 6) is 0.146. The fraction of sp³-hybridized carbons (Fsp3) is 0.538. The molecule has 0 heterocycles. The highest BCUT2D eigenvalue weighted by Gasteiger charge is 2.11. The van der Waals surface area contributed by atoms with Crippen molar-refractivity contribution in [2.45, 2.75) is 27.2 Å². The summed E-state index contributed by atoms with van der Waals surface area (Å²) in [5, 5.41) is 3.11. The third-order valence-corrected chi connectivity index (χ3v) is 4.03. The lowest BCUT2D eigenvalue weighted by Crippen LogP contribution is -2.22. The van der Waals surface area contributed by atoms with Gasteiger partial charge in [0.2, 0.25) is 10.0 Å². The van der Waals surface area contributed by atoms with Crippen molar-refractivity contribution in [3.63, 3.8) is 0 Å². The van der Waals surface area contributed by atoms with Crippen LogP contribution in [0.4, 0.5) is 5.69 Å². The van der Waals surface area contributed by atoms with Gasteiger partial charge in [0, 0.05) is 0 Å². The molecule has 1 aromatic carbocycles. The zero-order valence-electron chi connectivity index (χ0n) is 11.3. The van der Waals surface area contributed by atoms with Crippen molar-refractivity contribution in [1.82, 2.24) is 5.32 Å². The van der Waals surface area contributed by atoms with Crippen molar-refractivity contribution < 1.29 is 8.42 Å². The smallest absolute Gasteiger partial charge is 0.232 e. The van der Waals surface area contributed by atoms with Crippen LogP contribution in [0.1, 0.15) is 24.5 Å². The van der Waals surface area contributed by atoms with Crippen LogP contribution in [0.3, 0.4) is 0 Å². The van der Waals surface area contributed by atoms with Gasteiger partial charge in [-0.3, -0.25) is 4.72 Å². The molecule has 0 aliphatic heterocycles. The zero-order valence-corrected chi connectivity index (χ0v) is 12.1. The Hall–Kier alpha value is -1.07. The van der Waals surface area contributed by atoms with Gasteiger partial charge in [-0.2, -0.15) is 0 Å². The maximum atomic E-state index is 11.9. The lowest BCUT2D eigenvalue weighted by atomic mass is 10.1. The van der Waals surface area contributed by atoms with Crippen LogP contribution < -0.4 is 10.0 Å². The maximum absolute atomic E-state index is 11.9. The molecule has 0 aliphatic rings. The number of rotatable bonds is 7. The molecule has 0 aliphatic carbocycles. The molecular weight excluding hydrogens is 248 g/mol. The van der Waals surface area contributed by atoms with E-state index < -0.39 is 10.0 Å². The Morgan fingerprint density at radius 1 is 1.22 bits per heavy atom. The van der Waals surface area contributed by atoms with Crippen LogP contribution in [0.25, 0.3) is 0 Å². The molecule has 102 valence electrons. The van der Waals surface area contributed by atoms with Crippen LogP contribution in [-0.4, -0.2) is 27.3 Å². The van der Waals surface area contributed by atoms with E-state index in [0.717, 1.165) is 24.2 Å². The number of anilines is 1. The highest BCUT2D eigenvalue weighted by atomic mass is 32.2. The Bertz CT molecular complexity index is 484. The summed E-state index contributed by atoms with van der Waals surface area (Å²) in [5.41, 5.74) is 2.67. The van der Waals surface area contributed by atoms with Gasteiger partial charge in [-0.05, 0) is 50.6 Å². The Kier molecular flexibility index (Phi) is 5.62. The molecule has 0 atom stereocenters. The number of hydrogen-bond acceptors (Lipinski definition) is 3. The summed E-state index contributed by atoms with van der Waals surface area (Å²) in [6, 6.07) is 5.75. The average molecular weight is 270 g/mol. The molecule has 0 saturated heterocycles. The van der Waals surface area contributed by atoms with E-state index in [1.165, 1.54) is 0 Å². The van der Waals surface area contributed by atoms with Crippen LogP contribution in [0.2, 0.25) is 0 Å². The molecule has 1 rings (SSSR count). The Labute approximate surface area is 110 Å². The normalized spacial score (nSPS) is 11.5. The molecule has 0 amide bonds. The van der Waals surface area contributed by atoms with E-state index in [0.29, 0.717) is 12.1 Å². The average Bonchev–Trinajstić information content (AvgIpc) is 2.29. The lowest BCUT2D eigenvalue weighted by Gasteiger charge is -2.11. The Balaban J connectivity index is 2.62. The van der Waals surface area contributed by atoms with Gasteiger partial charge in [-0.15, -0.1) is 0 Å². The van der Waals surface area contributed by atoms with Crippen molar-refractivity contribution >= 4 is 15.7 Å². The van der Waals surface area contributed by atoms with Crippen LogP contribution in [0.15, 0.2) is 18.2 Å². The fourth-order valence-corrected chi connectivity index (χ4v) is 2.81. The van der Waals surface area contributed by atoms with Gasteiger partial charge in [0.1, 0.15) is 0 Å². The van der Waals surface area contributed by atoms with Gasteiger partial charge in [-0.1, -0.05) is 19.1 Å². The Morgan fingerprint density at radius 3 is 2.61 bits per heavy atom. The fourth-order valence-electron chi connectivity index (χ4n) is 1.63. The number of nitrogens with one attached hydrogen (secondary N) is 2. The number of hydrogen-bond donors (Lipinski definition) is 2. The molecule has 0 aromatic heterocycles. The lowest BCUT2D eigenvalue weighted by molar-refractivity contribution is 0.595. The first-order valence-electron chi connectivity index (χ1n) is 6.23. The van der Waals surface area contributed by atoms with Gasteiger partial charge in [0.25, 0.3) is 0 Å². The minimum atomic E-state index is -3.24. The van der Waals surface area contributed by atoms with Gasteiger partial charge < -0.3 is 5.32 Å². The SMILES string of the molecule is CCNCCCS(=O)(=O)Nc1cc(C)ccc1C. The summed E-state index contributed by atoms with van der Waals surface area (Å²) in [6.07, 6.45) is 0.619. The van der Waals surface area contributed by atoms with Crippen molar-refractivity contribution in [1.29, 1.82) is 0 Å². The summed E-state index contributed by atoms with van der Waals surface area (Å²) in [4.78, 5) is 0. The second-order valence-electron chi connectivity index (χ2n) is 4.45. The maximum Gasteiger partial charge on any atom is 0.232 e. The number of sulfonamides is 1. The van der Waals surface area contributed by atoms with Crippen LogP contribution in [0, 0.1) is 13.8 Å². The molecule has 0 bridgehead atoms. The van der Waals surface area contributed by atoms with Crippen LogP contribution >= 0.6 is 0 Å². The molecule has 0 fully saturated rings. The van der Waals surface area contributed by atoms with E-state index in [9.17, 15) is 8.42 Å². The van der Waals surface area contributed by atoms with Crippen molar-refractivity contribution in [2.75, 3.05) is 23.6 Å². The van der Waals surface area contributed by atoms with E-state index in [-0.39, 0.29) is 5.75 Å². The second-order valence-corrected chi connectivity index (χ2v) is 6.29. The highest BCUT2D eigenvalue weighted by Crippen LogP contribution is 2.17. The molecule has 0 spiro atoms. The van der Waals surface area contributed by atoms with Crippen molar-refractivity contribution in [3.05, 3.63) is 29.3 Å². The van der Waals surface area contributed by atoms with Crippen LogP contribution in [0.5, 0.6) is 0 Å². The predicted octanol–water partition coefficient (Wildman–Crippen LogP) is 2.04. The zero-order chi connectivity index (χ0) is 13.6. The van der Waals surface area contributed by atoms with E-state index in [4.69, 9.17) is 0 Å². The number of benzene rings is 1. The first-order chi connectivity index (χ1) is 8.44. The summed E-state index contributed by atoms with van der Waals surface area (Å²) in [6.45, 7) is 7.44. The molecule has 4 nitrogen and oxygen atoms in total. The third kappa shape index (κ3) is 5.06. The van der Waals surface area contributed by atoms with E-state index >= 15 is 0 Å². The van der Waals surface area contributed by atoms with Crippen molar-refractivity contribution in [3.8, 4) is 0 Å². The minimum absolute atomic E-state index is 0.146. The minimum Gasteiger partial charge on any atom is -0.317 e. The van der Waals surface area contributed by atoms with E-state index in [1.54, 1.807) is 0 Å². The standard InChI is InChI=1S/C13H22N2O2S/c1-4-14-8-5-9-18(16,17)15-13-10-11(2)6-7-12(13)3/h6-7,10,14-15H,4-5,8-9H2,1-3H3. The summed E-state index contributed by atoms with van der Waals surface area (Å²) in [7, 11) is -3.24. The van der Waals surface area contributed by atoms with Gasteiger partial charge in [0.15, 0.2) is 0 Å². The molecule has 1 aromatic rings. The molecule has 0 radical (unpaired) electrons. The van der Waals surface area contributed by atoms with Gasteiger partial charge in [0.05, 0.1) is 11.4 Å². The van der Waals surface area contributed by atoms with Gasteiger partial charge in [-0.25, -0.2) is 8.42 Å². The largest absolute Gasteiger partial charge is 0.317 e.